The van der Waals surface area contributed by atoms with E-state index >= 15 is 0 Å². The van der Waals surface area contributed by atoms with Gasteiger partial charge in [-0.05, 0) is 55.1 Å². The smallest absolute Gasteiger partial charge is 0.263 e. The molecule has 0 bridgehead atoms. The zero-order valence-corrected chi connectivity index (χ0v) is 25.3. The van der Waals surface area contributed by atoms with Crippen LogP contribution in [0.1, 0.15) is 30.0 Å². The van der Waals surface area contributed by atoms with Crippen LogP contribution in [0.25, 0.3) is 28.1 Å². The second kappa shape index (κ2) is 13.5. The van der Waals surface area contributed by atoms with Crippen LogP contribution in [-0.4, -0.2) is 88.2 Å². The van der Waals surface area contributed by atoms with Gasteiger partial charge in [0.2, 0.25) is 5.95 Å². The summed E-state index contributed by atoms with van der Waals surface area (Å²) in [6, 6.07) is 10.3. The lowest BCUT2D eigenvalue weighted by Crippen LogP contribution is -2.39. The number of benzene rings is 1. The number of piperidine rings is 1. The highest BCUT2D eigenvalue weighted by molar-refractivity contribution is 5.83. The molecule has 44 heavy (non-hydrogen) atoms. The summed E-state index contributed by atoms with van der Waals surface area (Å²) in [5.41, 5.74) is 4.45. The van der Waals surface area contributed by atoms with Crippen molar-refractivity contribution in [1.29, 1.82) is 5.41 Å². The van der Waals surface area contributed by atoms with Gasteiger partial charge >= 0.3 is 0 Å². The average molecular weight is 597 g/mol. The number of ether oxygens (including phenoxy) is 1. The van der Waals surface area contributed by atoms with E-state index in [9.17, 15) is 4.79 Å². The topological polar surface area (TPSA) is 138 Å². The van der Waals surface area contributed by atoms with E-state index in [1.54, 1.807) is 23.9 Å². The Morgan fingerprint density at radius 1 is 1.18 bits per heavy atom. The predicted molar refractivity (Wildman–Crippen MR) is 174 cm³/mol. The standard InChI is InChI=1S/C32H40N10O2/c1-34-27(9-10-33)28-21-40(2)30(38-28)26-18-24-20-36-32(37-25-7-5-22(6-8-25)23-4-3-11-35-19-23)39-29(24)42(31(26)43)13-12-41-14-16-44-17-15-41/h5-10,18,20-21,23,33-35H,3-4,11-17,19H2,1-2H3,(H,36,37,39)/b27-9-,33-10?. The zero-order chi connectivity index (χ0) is 30.5. The number of hydrogen-bond donors (Lipinski definition) is 4. The predicted octanol–water partition coefficient (Wildman–Crippen LogP) is 2.94. The Kier molecular flexibility index (Phi) is 9.10. The number of rotatable bonds is 10. The van der Waals surface area contributed by atoms with Crippen LogP contribution >= 0.6 is 0 Å². The number of hydrogen-bond acceptors (Lipinski definition) is 10. The van der Waals surface area contributed by atoms with Crippen molar-refractivity contribution in [1.82, 2.24) is 39.6 Å². The van der Waals surface area contributed by atoms with Crippen molar-refractivity contribution in [3.8, 4) is 11.4 Å². The monoisotopic (exact) mass is 596 g/mol. The third-order valence-electron chi connectivity index (χ3n) is 8.42. The third-order valence-corrected chi connectivity index (χ3v) is 8.42. The molecule has 2 fully saturated rings. The van der Waals surface area contributed by atoms with Gasteiger partial charge in [-0.25, -0.2) is 9.97 Å². The number of nitrogens with one attached hydrogen (secondary N) is 4. The van der Waals surface area contributed by atoms with Crippen LogP contribution in [0.4, 0.5) is 11.6 Å². The molecule has 12 heteroatoms. The highest BCUT2D eigenvalue weighted by Gasteiger charge is 2.20. The zero-order valence-electron chi connectivity index (χ0n) is 25.3. The van der Waals surface area contributed by atoms with Crippen LogP contribution in [0, 0.1) is 5.41 Å². The first-order chi connectivity index (χ1) is 21.5. The molecule has 0 radical (unpaired) electrons. The molecule has 2 saturated heterocycles. The molecule has 3 aromatic heterocycles. The van der Waals surface area contributed by atoms with E-state index in [0.29, 0.717) is 66.6 Å². The molecule has 4 N–H and O–H groups in total. The summed E-state index contributed by atoms with van der Waals surface area (Å²) in [6.07, 6.45) is 8.86. The van der Waals surface area contributed by atoms with E-state index in [1.807, 2.05) is 23.9 Å². The summed E-state index contributed by atoms with van der Waals surface area (Å²) < 4.78 is 9.10. The van der Waals surface area contributed by atoms with Gasteiger partial charge in [0.25, 0.3) is 5.56 Å². The number of aryl methyl sites for hydroxylation is 1. The van der Waals surface area contributed by atoms with Gasteiger partial charge in [0.05, 0.1) is 24.5 Å². The number of fused-ring (bicyclic) bond motifs is 1. The van der Waals surface area contributed by atoms with Gasteiger partial charge in [-0.1, -0.05) is 12.1 Å². The minimum Gasteiger partial charge on any atom is -0.386 e. The van der Waals surface area contributed by atoms with Gasteiger partial charge in [0.1, 0.15) is 17.2 Å². The van der Waals surface area contributed by atoms with Crippen molar-refractivity contribution in [2.24, 2.45) is 7.05 Å². The number of imidazole rings is 1. The minimum absolute atomic E-state index is 0.164. The van der Waals surface area contributed by atoms with Crippen molar-refractivity contribution < 1.29 is 4.74 Å². The third kappa shape index (κ3) is 6.42. The quantitative estimate of drug-likeness (QED) is 0.204. The number of aromatic nitrogens is 5. The first kappa shape index (κ1) is 29.7. The van der Waals surface area contributed by atoms with Crippen LogP contribution in [0.5, 0.6) is 0 Å². The van der Waals surface area contributed by atoms with Crippen molar-refractivity contribution in [3.63, 3.8) is 0 Å². The van der Waals surface area contributed by atoms with Gasteiger partial charge in [0, 0.05) is 76.5 Å². The summed E-state index contributed by atoms with van der Waals surface area (Å²) >= 11 is 0. The molecular weight excluding hydrogens is 556 g/mol. The summed E-state index contributed by atoms with van der Waals surface area (Å²) in [7, 11) is 3.65. The highest BCUT2D eigenvalue weighted by Crippen LogP contribution is 2.26. The second-order valence-corrected chi connectivity index (χ2v) is 11.3. The average Bonchev–Trinajstić information content (AvgIpc) is 3.45. The second-order valence-electron chi connectivity index (χ2n) is 11.3. The van der Waals surface area contributed by atoms with Gasteiger partial charge in [-0.15, -0.1) is 0 Å². The van der Waals surface area contributed by atoms with Crippen molar-refractivity contribution in [3.05, 3.63) is 70.4 Å². The van der Waals surface area contributed by atoms with E-state index in [0.717, 1.165) is 37.3 Å². The summed E-state index contributed by atoms with van der Waals surface area (Å²) in [5.74, 6) is 1.51. The van der Waals surface area contributed by atoms with E-state index in [1.165, 1.54) is 24.6 Å². The molecule has 1 atom stereocenters. The molecule has 1 aromatic carbocycles. The van der Waals surface area contributed by atoms with Crippen molar-refractivity contribution in [2.75, 3.05) is 58.3 Å². The van der Waals surface area contributed by atoms with Crippen LogP contribution in [0.2, 0.25) is 0 Å². The fourth-order valence-corrected chi connectivity index (χ4v) is 5.98. The van der Waals surface area contributed by atoms with E-state index in [2.05, 4.69) is 50.1 Å². The molecule has 0 amide bonds. The molecule has 0 aliphatic carbocycles. The maximum Gasteiger partial charge on any atom is 0.263 e. The number of allylic oxidation sites excluding steroid dienone is 1. The molecule has 0 spiro atoms. The Hall–Kier alpha value is -4.39. The number of nitrogens with zero attached hydrogens (tertiary/aromatic N) is 6. The Labute approximate surface area is 256 Å². The van der Waals surface area contributed by atoms with E-state index < -0.39 is 0 Å². The summed E-state index contributed by atoms with van der Waals surface area (Å²) in [4.78, 5) is 30.7. The summed E-state index contributed by atoms with van der Waals surface area (Å²) in [6.45, 7) is 6.31. The Balaban J connectivity index is 1.35. The lowest BCUT2D eigenvalue weighted by Gasteiger charge is -2.27. The molecule has 6 rings (SSSR count). The van der Waals surface area contributed by atoms with Gasteiger partial charge in [-0.3, -0.25) is 14.3 Å². The largest absolute Gasteiger partial charge is 0.386 e. The highest BCUT2D eigenvalue weighted by atomic mass is 16.5. The van der Waals surface area contributed by atoms with Crippen LogP contribution in [-0.2, 0) is 18.3 Å². The van der Waals surface area contributed by atoms with E-state index in [-0.39, 0.29) is 5.56 Å². The SMILES string of the molecule is CN/C(=C\C=N)c1cn(C)c(-c2cc3cnc(Nc4ccc(C5CCCNC5)cc4)nc3n(CCN3CCOCC3)c2=O)n1. The fourth-order valence-electron chi connectivity index (χ4n) is 5.98. The number of anilines is 2. The molecule has 12 nitrogen and oxygen atoms in total. The lowest BCUT2D eigenvalue weighted by molar-refractivity contribution is 0.0364. The first-order valence-corrected chi connectivity index (χ1v) is 15.2. The van der Waals surface area contributed by atoms with Crippen molar-refractivity contribution in [2.45, 2.75) is 25.3 Å². The maximum atomic E-state index is 14.2. The Morgan fingerprint density at radius 3 is 2.73 bits per heavy atom. The van der Waals surface area contributed by atoms with Crippen LogP contribution < -0.4 is 21.5 Å². The Morgan fingerprint density at radius 2 is 2.00 bits per heavy atom. The van der Waals surface area contributed by atoms with Crippen LogP contribution in [0.3, 0.4) is 0 Å². The molecule has 2 aliphatic heterocycles. The van der Waals surface area contributed by atoms with Gasteiger partial charge in [0.15, 0.2) is 0 Å². The normalized spacial score (nSPS) is 18.0. The van der Waals surface area contributed by atoms with Gasteiger partial charge in [-0.2, -0.15) is 4.98 Å². The molecule has 2 aliphatic rings. The Bertz CT molecular complexity index is 1700. The van der Waals surface area contributed by atoms with Crippen LogP contribution in [0.15, 0.2) is 53.6 Å². The number of pyridine rings is 1. The molecule has 4 aromatic rings. The lowest BCUT2D eigenvalue weighted by atomic mass is 9.92. The first-order valence-electron chi connectivity index (χ1n) is 15.2. The maximum absolute atomic E-state index is 14.2. The minimum atomic E-state index is -0.164. The van der Waals surface area contributed by atoms with Gasteiger partial charge < -0.3 is 30.7 Å². The summed E-state index contributed by atoms with van der Waals surface area (Å²) in [5, 5.41) is 18.1. The van der Waals surface area contributed by atoms with E-state index in [4.69, 9.17) is 20.1 Å². The van der Waals surface area contributed by atoms with Crippen molar-refractivity contribution >= 4 is 34.6 Å². The molecule has 1 unspecified atom stereocenters. The molecule has 0 saturated carbocycles. The molecule has 230 valence electrons. The fraction of sp³-hybridized carbons (Fsp3) is 0.406. The number of morpholine rings is 1. The molecular formula is C32H40N10O2. The molecule has 5 heterocycles.